The van der Waals surface area contributed by atoms with Crippen LogP contribution in [0.5, 0.6) is 0 Å². The SMILES string of the molecule is NC1CN(Cc2coc(Br)c2)C1=O. The van der Waals surface area contributed by atoms with E-state index < -0.39 is 0 Å². The van der Waals surface area contributed by atoms with Crippen molar-refractivity contribution in [3.63, 3.8) is 0 Å². The third kappa shape index (κ3) is 1.62. The minimum Gasteiger partial charge on any atom is -0.457 e. The number of halogens is 1. The van der Waals surface area contributed by atoms with E-state index in [1.54, 1.807) is 11.2 Å². The van der Waals surface area contributed by atoms with Crippen LogP contribution in [0.2, 0.25) is 0 Å². The number of rotatable bonds is 2. The second-order valence-electron chi connectivity index (χ2n) is 3.08. The number of nitrogens with two attached hydrogens (primary N) is 1. The molecule has 1 fully saturated rings. The van der Waals surface area contributed by atoms with Gasteiger partial charge in [0.05, 0.1) is 6.26 Å². The smallest absolute Gasteiger partial charge is 0.241 e. The van der Waals surface area contributed by atoms with Gasteiger partial charge in [0.25, 0.3) is 0 Å². The highest BCUT2D eigenvalue weighted by Crippen LogP contribution is 2.18. The summed E-state index contributed by atoms with van der Waals surface area (Å²) in [6.45, 7) is 1.23. The predicted molar refractivity (Wildman–Crippen MR) is 49.8 cm³/mol. The van der Waals surface area contributed by atoms with Gasteiger partial charge in [0, 0.05) is 18.7 Å². The molecule has 5 heteroatoms. The van der Waals surface area contributed by atoms with Crippen LogP contribution in [0.25, 0.3) is 0 Å². The van der Waals surface area contributed by atoms with Crippen molar-refractivity contribution in [3.8, 4) is 0 Å². The van der Waals surface area contributed by atoms with Gasteiger partial charge >= 0.3 is 0 Å². The van der Waals surface area contributed by atoms with Gasteiger partial charge in [-0.05, 0) is 22.0 Å². The first kappa shape index (κ1) is 8.77. The molecule has 0 radical (unpaired) electrons. The number of hydrogen-bond acceptors (Lipinski definition) is 3. The summed E-state index contributed by atoms with van der Waals surface area (Å²) in [4.78, 5) is 12.8. The van der Waals surface area contributed by atoms with E-state index in [0.717, 1.165) is 5.56 Å². The number of hydrogen-bond donors (Lipinski definition) is 1. The average Bonchev–Trinajstić information content (AvgIpc) is 2.50. The lowest BCUT2D eigenvalue weighted by Crippen LogP contribution is -2.60. The van der Waals surface area contributed by atoms with Gasteiger partial charge in [0.15, 0.2) is 4.67 Å². The highest BCUT2D eigenvalue weighted by Gasteiger charge is 2.33. The van der Waals surface area contributed by atoms with Crippen LogP contribution in [0, 0.1) is 0 Å². The van der Waals surface area contributed by atoms with E-state index in [0.29, 0.717) is 17.8 Å². The molecule has 2 N–H and O–H groups in total. The normalized spacial score (nSPS) is 21.8. The van der Waals surface area contributed by atoms with E-state index in [2.05, 4.69) is 15.9 Å². The lowest BCUT2D eigenvalue weighted by molar-refractivity contribution is -0.143. The third-order valence-corrected chi connectivity index (χ3v) is 2.46. The monoisotopic (exact) mass is 244 g/mol. The molecule has 1 aliphatic heterocycles. The van der Waals surface area contributed by atoms with Crippen LogP contribution in [0.3, 0.4) is 0 Å². The summed E-state index contributed by atoms with van der Waals surface area (Å²) in [5, 5.41) is 0. The Balaban J connectivity index is 1.96. The fourth-order valence-corrected chi connectivity index (χ4v) is 1.71. The summed E-state index contributed by atoms with van der Waals surface area (Å²) in [5.41, 5.74) is 6.43. The molecule has 1 saturated heterocycles. The van der Waals surface area contributed by atoms with E-state index in [-0.39, 0.29) is 11.9 Å². The predicted octanol–water partition coefficient (Wildman–Crippen LogP) is 0.712. The second-order valence-corrected chi connectivity index (χ2v) is 3.87. The van der Waals surface area contributed by atoms with E-state index >= 15 is 0 Å². The number of furan rings is 1. The quantitative estimate of drug-likeness (QED) is 0.780. The molecule has 1 amide bonds. The molecule has 1 aromatic heterocycles. The Bertz CT molecular complexity index is 337. The van der Waals surface area contributed by atoms with Crippen LogP contribution in [-0.4, -0.2) is 23.4 Å². The Labute approximate surface area is 83.8 Å². The number of nitrogens with zero attached hydrogens (tertiary/aromatic N) is 1. The molecule has 0 spiro atoms. The number of likely N-dealkylation sites (tertiary alicyclic amines) is 1. The molecule has 0 saturated carbocycles. The van der Waals surface area contributed by atoms with Crippen molar-refractivity contribution in [1.29, 1.82) is 0 Å². The second kappa shape index (κ2) is 3.16. The zero-order valence-electron chi connectivity index (χ0n) is 6.87. The molecule has 2 heterocycles. The minimum absolute atomic E-state index is 0.0114. The number of carbonyl (C=O) groups is 1. The lowest BCUT2D eigenvalue weighted by atomic mass is 10.1. The van der Waals surface area contributed by atoms with Crippen LogP contribution in [-0.2, 0) is 11.3 Å². The van der Waals surface area contributed by atoms with E-state index in [1.807, 2.05) is 6.07 Å². The van der Waals surface area contributed by atoms with E-state index in [4.69, 9.17) is 10.2 Å². The number of β-lactam (4-membered cyclic amide) rings is 1. The van der Waals surface area contributed by atoms with Crippen LogP contribution in [0.15, 0.2) is 21.4 Å². The highest BCUT2D eigenvalue weighted by molar-refractivity contribution is 9.10. The molecule has 1 atom stereocenters. The number of carbonyl (C=O) groups excluding carboxylic acids is 1. The van der Waals surface area contributed by atoms with Gasteiger partial charge in [0.1, 0.15) is 6.04 Å². The molecular formula is C8H9BrN2O2. The molecule has 1 aliphatic rings. The molecule has 70 valence electrons. The maximum absolute atomic E-state index is 11.1. The van der Waals surface area contributed by atoms with Gasteiger partial charge in [-0.25, -0.2) is 0 Å². The van der Waals surface area contributed by atoms with Gasteiger partial charge in [-0.15, -0.1) is 0 Å². The maximum Gasteiger partial charge on any atom is 0.241 e. The van der Waals surface area contributed by atoms with Crippen molar-refractivity contribution in [1.82, 2.24) is 4.90 Å². The van der Waals surface area contributed by atoms with Crippen molar-refractivity contribution in [3.05, 3.63) is 22.6 Å². The van der Waals surface area contributed by atoms with Gasteiger partial charge < -0.3 is 15.1 Å². The molecular weight excluding hydrogens is 236 g/mol. The van der Waals surface area contributed by atoms with Gasteiger partial charge in [-0.1, -0.05) is 0 Å². The fraction of sp³-hybridized carbons (Fsp3) is 0.375. The first-order valence-electron chi connectivity index (χ1n) is 3.94. The third-order valence-electron chi connectivity index (χ3n) is 2.04. The van der Waals surface area contributed by atoms with Crippen molar-refractivity contribution in [2.75, 3.05) is 6.54 Å². The van der Waals surface area contributed by atoms with Crippen LogP contribution in [0.4, 0.5) is 0 Å². The van der Waals surface area contributed by atoms with E-state index in [1.165, 1.54) is 0 Å². The van der Waals surface area contributed by atoms with E-state index in [9.17, 15) is 4.79 Å². The van der Waals surface area contributed by atoms with Crippen molar-refractivity contribution in [2.45, 2.75) is 12.6 Å². The zero-order chi connectivity index (χ0) is 9.42. The molecule has 0 bridgehead atoms. The molecule has 0 aliphatic carbocycles. The first-order chi connectivity index (χ1) is 6.16. The number of amides is 1. The van der Waals surface area contributed by atoms with Crippen molar-refractivity contribution in [2.24, 2.45) is 5.73 Å². The maximum atomic E-state index is 11.1. The first-order valence-corrected chi connectivity index (χ1v) is 4.73. The van der Waals surface area contributed by atoms with Crippen LogP contribution >= 0.6 is 15.9 Å². The Morgan fingerprint density at radius 1 is 1.77 bits per heavy atom. The molecule has 2 rings (SSSR count). The Kier molecular flexibility index (Phi) is 2.13. The molecule has 1 unspecified atom stereocenters. The minimum atomic E-state index is -0.296. The zero-order valence-corrected chi connectivity index (χ0v) is 8.45. The van der Waals surface area contributed by atoms with Gasteiger partial charge in [-0.2, -0.15) is 0 Å². The summed E-state index contributed by atoms with van der Waals surface area (Å²) in [5.74, 6) is 0.0114. The topological polar surface area (TPSA) is 59.5 Å². The summed E-state index contributed by atoms with van der Waals surface area (Å²) in [6, 6.07) is 1.55. The molecule has 0 aromatic carbocycles. The van der Waals surface area contributed by atoms with Crippen LogP contribution in [0.1, 0.15) is 5.56 Å². The highest BCUT2D eigenvalue weighted by atomic mass is 79.9. The summed E-state index contributed by atoms with van der Waals surface area (Å²) < 4.78 is 5.72. The Hall–Kier alpha value is -0.810. The summed E-state index contributed by atoms with van der Waals surface area (Å²) >= 11 is 3.19. The summed E-state index contributed by atoms with van der Waals surface area (Å²) in [6.07, 6.45) is 1.63. The van der Waals surface area contributed by atoms with Crippen molar-refractivity contribution >= 4 is 21.8 Å². The molecule has 13 heavy (non-hydrogen) atoms. The Morgan fingerprint density at radius 3 is 3.00 bits per heavy atom. The van der Waals surface area contributed by atoms with Crippen molar-refractivity contribution < 1.29 is 9.21 Å². The van der Waals surface area contributed by atoms with Crippen LogP contribution < -0.4 is 5.73 Å². The fourth-order valence-electron chi connectivity index (χ4n) is 1.32. The lowest BCUT2D eigenvalue weighted by Gasteiger charge is -2.35. The molecule has 4 nitrogen and oxygen atoms in total. The largest absolute Gasteiger partial charge is 0.457 e. The average molecular weight is 245 g/mol. The molecule has 1 aromatic rings. The van der Waals surface area contributed by atoms with Gasteiger partial charge in [0.2, 0.25) is 5.91 Å². The summed E-state index contributed by atoms with van der Waals surface area (Å²) in [7, 11) is 0. The van der Waals surface area contributed by atoms with Gasteiger partial charge in [-0.3, -0.25) is 4.79 Å². The standard InChI is InChI=1S/C8H9BrN2O2/c9-7-1-5(4-13-7)2-11-3-6(10)8(11)12/h1,4,6H,2-3,10H2. The Morgan fingerprint density at radius 2 is 2.54 bits per heavy atom.